The van der Waals surface area contributed by atoms with Crippen molar-refractivity contribution in [3.8, 4) is 5.75 Å². The second-order valence-corrected chi connectivity index (χ2v) is 4.91. The summed E-state index contributed by atoms with van der Waals surface area (Å²) in [6.07, 6.45) is 1.01. The fourth-order valence-corrected chi connectivity index (χ4v) is 2.48. The largest absolute Gasteiger partial charge is 0.486 e. The molecule has 1 aromatic rings. The summed E-state index contributed by atoms with van der Waals surface area (Å²) in [5.74, 6) is 0.651. The van der Waals surface area contributed by atoms with E-state index in [9.17, 15) is 0 Å². The first kappa shape index (κ1) is 13.0. The second-order valence-electron chi connectivity index (χ2n) is 4.06. The van der Waals surface area contributed by atoms with Crippen LogP contribution in [0.5, 0.6) is 5.75 Å². The molecule has 0 spiro atoms. The molecule has 1 aliphatic rings. The van der Waals surface area contributed by atoms with Crippen molar-refractivity contribution < 1.29 is 9.47 Å². The summed E-state index contributed by atoms with van der Waals surface area (Å²) in [6.45, 7) is 0. The van der Waals surface area contributed by atoms with Gasteiger partial charge >= 0.3 is 0 Å². The molecule has 0 bridgehead atoms. The van der Waals surface area contributed by atoms with E-state index in [4.69, 9.17) is 32.7 Å². The molecule has 3 unspecified atom stereocenters. The molecule has 0 saturated heterocycles. The number of ether oxygens (including phenoxy) is 2. The number of hydrogen-bond acceptors (Lipinski definition) is 3. The van der Waals surface area contributed by atoms with Crippen molar-refractivity contribution in [3.05, 3.63) is 28.2 Å². The molecule has 0 radical (unpaired) electrons. The minimum absolute atomic E-state index is 0.0381. The smallest absolute Gasteiger partial charge is 0.138 e. The van der Waals surface area contributed by atoms with Crippen LogP contribution in [0, 0.1) is 0 Å². The van der Waals surface area contributed by atoms with Gasteiger partial charge in [-0.3, -0.25) is 0 Å². The Hall–Kier alpha value is -0.480. The predicted molar refractivity (Wildman–Crippen MR) is 69.1 cm³/mol. The van der Waals surface area contributed by atoms with Gasteiger partial charge in [-0.2, -0.15) is 0 Å². The molecule has 1 fully saturated rings. The highest BCUT2D eigenvalue weighted by molar-refractivity contribution is 6.35. The Bertz CT molecular complexity index is 400. The summed E-state index contributed by atoms with van der Waals surface area (Å²) >= 11 is 11.9. The molecule has 5 heteroatoms. The van der Waals surface area contributed by atoms with Crippen LogP contribution in [-0.4, -0.2) is 32.4 Å². The third-order valence-corrected chi connectivity index (χ3v) is 3.59. The summed E-state index contributed by atoms with van der Waals surface area (Å²) < 4.78 is 11.2. The van der Waals surface area contributed by atoms with E-state index in [1.54, 1.807) is 25.3 Å². The van der Waals surface area contributed by atoms with Crippen LogP contribution in [0.3, 0.4) is 0 Å². The fourth-order valence-electron chi connectivity index (χ4n) is 2.03. The molecule has 94 valence electrons. The van der Waals surface area contributed by atoms with Gasteiger partial charge in [0.1, 0.15) is 18.0 Å². The van der Waals surface area contributed by atoms with Gasteiger partial charge in [0, 0.05) is 24.6 Å². The Morgan fingerprint density at radius 3 is 2.71 bits per heavy atom. The van der Waals surface area contributed by atoms with Gasteiger partial charge < -0.3 is 14.8 Å². The number of hydrogen-bond donors (Lipinski definition) is 1. The van der Waals surface area contributed by atoms with Crippen molar-refractivity contribution >= 4 is 23.2 Å². The Morgan fingerprint density at radius 2 is 2.12 bits per heavy atom. The van der Waals surface area contributed by atoms with Crippen LogP contribution >= 0.6 is 23.2 Å². The lowest BCUT2D eigenvalue weighted by molar-refractivity contribution is -0.0869. The molecule has 3 nitrogen and oxygen atoms in total. The average molecular weight is 276 g/mol. The molecular weight excluding hydrogens is 261 g/mol. The minimum atomic E-state index is 0.0381. The summed E-state index contributed by atoms with van der Waals surface area (Å²) in [7, 11) is 3.61. The molecular formula is C12H15Cl2NO2. The highest BCUT2D eigenvalue weighted by Crippen LogP contribution is 2.33. The maximum atomic E-state index is 6.05. The van der Waals surface area contributed by atoms with Gasteiger partial charge in [-0.25, -0.2) is 0 Å². The van der Waals surface area contributed by atoms with E-state index >= 15 is 0 Å². The second kappa shape index (κ2) is 5.44. The summed E-state index contributed by atoms with van der Waals surface area (Å²) in [5, 5.41) is 4.31. The van der Waals surface area contributed by atoms with Gasteiger partial charge in [0.15, 0.2) is 0 Å². The van der Waals surface area contributed by atoms with Crippen molar-refractivity contribution in [2.24, 2.45) is 0 Å². The summed E-state index contributed by atoms with van der Waals surface area (Å²) in [5.41, 5.74) is 0. The molecule has 17 heavy (non-hydrogen) atoms. The summed E-state index contributed by atoms with van der Waals surface area (Å²) in [6, 6.07) is 5.56. The van der Waals surface area contributed by atoms with Crippen molar-refractivity contribution in [1.82, 2.24) is 5.32 Å². The Kier molecular flexibility index (Phi) is 4.15. The quantitative estimate of drug-likeness (QED) is 0.917. The molecule has 0 aromatic heterocycles. The van der Waals surface area contributed by atoms with Gasteiger partial charge in [-0.1, -0.05) is 23.2 Å². The third kappa shape index (κ3) is 2.68. The first-order chi connectivity index (χ1) is 8.15. The first-order valence-electron chi connectivity index (χ1n) is 5.47. The average Bonchev–Trinajstić information content (AvgIpc) is 2.26. The molecule has 0 heterocycles. The number of methoxy groups -OCH3 is 1. The molecule has 1 aromatic carbocycles. The lowest BCUT2D eigenvalue weighted by Gasteiger charge is -2.43. The minimum Gasteiger partial charge on any atom is -0.486 e. The van der Waals surface area contributed by atoms with E-state index in [1.807, 2.05) is 7.05 Å². The Labute approximate surface area is 111 Å². The normalized spacial score (nSPS) is 27.6. The summed E-state index contributed by atoms with van der Waals surface area (Å²) in [4.78, 5) is 0. The van der Waals surface area contributed by atoms with Crippen LogP contribution < -0.4 is 10.1 Å². The van der Waals surface area contributed by atoms with E-state index in [1.165, 1.54) is 0 Å². The molecule has 1 saturated carbocycles. The molecule has 1 aliphatic carbocycles. The van der Waals surface area contributed by atoms with Gasteiger partial charge in [0.25, 0.3) is 0 Å². The van der Waals surface area contributed by atoms with Crippen molar-refractivity contribution in [3.63, 3.8) is 0 Å². The van der Waals surface area contributed by atoms with Crippen molar-refractivity contribution in [2.45, 2.75) is 24.7 Å². The number of likely N-dealkylation sites (N-methyl/N-ethyl adjacent to an activating group) is 1. The third-order valence-electron chi connectivity index (χ3n) is 3.06. The van der Waals surface area contributed by atoms with Crippen LogP contribution in [0.1, 0.15) is 6.42 Å². The van der Waals surface area contributed by atoms with E-state index in [2.05, 4.69) is 5.32 Å². The lowest BCUT2D eigenvalue weighted by atomic mass is 9.85. The van der Waals surface area contributed by atoms with E-state index in [-0.39, 0.29) is 12.2 Å². The van der Waals surface area contributed by atoms with Crippen molar-refractivity contribution in [2.75, 3.05) is 14.2 Å². The zero-order valence-electron chi connectivity index (χ0n) is 9.74. The van der Waals surface area contributed by atoms with Crippen LogP contribution in [0.2, 0.25) is 10.0 Å². The zero-order chi connectivity index (χ0) is 12.4. The topological polar surface area (TPSA) is 30.5 Å². The molecule has 3 atom stereocenters. The fraction of sp³-hybridized carbons (Fsp3) is 0.500. The van der Waals surface area contributed by atoms with E-state index < -0.39 is 0 Å². The van der Waals surface area contributed by atoms with Crippen LogP contribution in [-0.2, 0) is 4.74 Å². The van der Waals surface area contributed by atoms with Gasteiger partial charge in [0.2, 0.25) is 0 Å². The maximum Gasteiger partial charge on any atom is 0.138 e. The van der Waals surface area contributed by atoms with Crippen LogP contribution in [0.25, 0.3) is 0 Å². The van der Waals surface area contributed by atoms with Crippen LogP contribution in [0.15, 0.2) is 18.2 Å². The first-order valence-corrected chi connectivity index (χ1v) is 6.23. The van der Waals surface area contributed by atoms with Crippen LogP contribution in [0.4, 0.5) is 0 Å². The van der Waals surface area contributed by atoms with E-state index in [0.717, 1.165) is 6.42 Å². The molecule has 1 N–H and O–H groups in total. The predicted octanol–water partition coefficient (Wildman–Crippen LogP) is 2.75. The van der Waals surface area contributed by atoms with Gasteiger partial charge in [0.05, 0.1) is 5.02 Å². The standard InChI is InChI=1S/C12H15Cl2NO2/c1-15-9-6-11(12(9)16-2)17-10-4-3-7(13)5-8(10)14/h3-5,9,11-12,15H,6H2,1-2H3. The number of halogens is 2. The molecule has 0 amide bonds. The number of benzene rings is 1. The SMILES string of the molecule is CNC1CC(Oc2ccc(Cl)cc2Cl)C1OC. The number of rotatable bonds is 4. The Balaban J connectivity index is 2.02. The van der Waals surface area contributed by atoms with Gasteiger partial charge in [-0.05, 0) is 25.2 Å². The number of nitrogens with one attached hydrogen (secondary N) is 1. The monoisotopic (exact) mass is 275 g/mol. The zero-order valence-corrected chi connectivity index (χ0v) is 11.3. The van der Waals surface area contributed by atoms with Crippen molar-refractivity contribution in [1.29, 1.82) is 0 Å². The Morgan fingerprint density at radius 1 is 1.35 bits per heavy atom. The van der Waals surface area contributed by atoms with E-state index in [0.29, 0.717) is 21.8 Å². The molecule has 2 rings (SSSR count). The molecule has 0 aliphatic heterocycles. The van der Waals surface area contributed by atoms with Gasteiger partial charge in [-0.15, -0.1) is 0 Å². The lowest BCUT2D eigenvalue weighted by Crippen LogP contribution is -2.60. The highest BCUT2D eigenvalue weighted by atomic mass is 35.5. The maximum absolute atomic E-state index is 6.05. The highest BCUT2D eigenvalue weighted by Gasteiger charge is 2.42.